The number of ether oxygens (including phenoxy) is 2. The Balaban J connectivity index is 1.73. The molecular weight excluding hydrogens is 388 g/mol. The van der Waals surface area contributed by atoms with Gasteiger partial charge in [0.1, 0.15) is 6.54 Å². The molecule has 2 aromatic carbocycles. The maximum atomic E-state index is 13.4. The van der Waals surface area contributed by atoms with Crippen molar-refractivity contribution in [3.63, 3.8) is 0 Å². The second-order valence-electron chi connectivity index (χ2n) is 7.20. The lowest BCUT2D eigenvalue weighted by molar-refractivity contribution is 0.174. The van der Waals surface area contributed by atoms with E-state index in [0.29, 0.717) is 34.8 Å². The molecule has 1 aliphatic heterocycles. The van der Waals surface area contributed by atoms with Gasteiger partial charge in [-0.3, -0.25) is 13.9 Å². The average molecular weight is 406 g/mol. The van der Waals surface area contributed by atoms with Gasteiger partial charge in [0, 0.05) is 6.07 Å². The summed E-state index contributed by atoms with van der Waals surface area (Å²) in [5.41, 5.74) is 1.61. The summed E-state index contributed by atoms with van der Waals surface area (Å²) in [4.78, 5) is 30.6. The van der Waals surface area contributed by atoms with Gasteiger partial charge >= 0.3 is 5.69 Å². The summed E-state index contributed by atoms with van der Waals surface area (Å²) < 4.78 is 18.7. The van der Waals surface area contributed by atoms with E-state index in [9.17, 15) is 9.59 Å². The van der Waals surface area contributed by atoms with Crippen LogP contribution in [0.1, 0.15) is 22.8 Å². The normalized spacial score (nSPS) is 12.6. The lowest BCUT2D eigenvalue weighted by atomic mass is 10.1. The van der Waals surface area contributed by atoms with Gasteiger partial charge in [-0.05, 0) is 25.5 Å². The molecule has 0 atom stereocenters. The standard InChI is InChI=1S/C21H18N4O5/c1-12-3-5-14(6-4-12)9-24-16-8-18-17(28-11-29-18)7-15(16)20(26)25(21(24)27)10-19-22-13(2)23-30-19/h3-8H,9-11H2,1-2H3. The summed E-state index contributed by atoms with van der Waals surface area (Å²) in [6, 6.07) is 11.2. The van der Waals surface area contributed by atoms with Crippen LogP contribution in [-0.4, -0.2) is 26.1 Å². The van der Waals surface area contributed by atoms with E-state index >= 15 is 0 Å². The van der Waals surface area contributed by atoms with E-state index < -0.39 is 11.2 Å². The molecule has 1 aliphatic rings. The molecule has 0 bridgehead atoms. The highest BCUT2D eigenvalue weighted by molar-refractivity contribution is 5.82. The zero-order valence-corrected chi connectivity index (χ0v) is 16.4. The number of aromatic nitrogens is 4. The van der Waals surface area contributed by atoms with E-state index in [1.165, 1.54) is 0 Å². The molecule has 4 aromatic rings. The second-order valence-corrected chi connectivity index (χ2v) is 7.20. The number of rotatable bonds is 4. The minimum absolute atomic E-state index is 0.0727. The van der Waals surface area contributed by atoms with Gasteiger partial charge in [0.05, 0.1) is 17.4 Å². The van der Waals surface area contributed by atoms with Crippen LogP contribution in [-0.2, 0) is 13.1 Å². The second kappa shape index (κ2) is 6.87. The summed E-state index contributed by atoms with van der Waals surface area (Å²) >= 11 is 0. The molecule has 0 radical (unpaired) electrons. The van der Waals surface area contributed by atoms with Crippen molar-refractivity contribution >= 4 is 10.9 Å². The van der Waals surface area contributed by atoms with Crippen LogP contribution in [0.4, 0.5) is 0 Å². The minimum atomic E-state index is -0.470. The van der Waals surface area contributed by atoms with Crippen LogP contribution < -0.4 is 20.7 Å². The van der Waals surface area contributed by atoms with Crippen molar-refractivity contribution in [2.45, 2.75) is 26.9 Å². The van der Waals surface area contributed by atoms with Crippen molar-refractivity contribution in [1.82, 2.24) is 19.3 Å². The zero-order chi connectivity index (χ0) is 20.8. The van der Waals surface area contributed by atoms with Crippen LogP contribution in [0.15, 0.2) is 50.5 Å². The predicted molar refractivity (Wildman–Crippen MR) is 107 cm³/mol. The molecule has 5 rings (SSSR count). The van der Waals surface area contributed by atoms with Crippen molar-refractivity contribution in [1.29, 1.82) is 0 Å². The van der Waals surface area contributed by atoms with E-state index in [2.05, 4.69) is 10.1 Å². The molecule has 0 spiro atoms. The minimum Gasteiger partial charge on any atom is -0.454 e. The first-order chi connectivity index (χ1) is 14.5. The van der Waals surface area contributed by atoms with E-state index in [-0.39, 0.29) is 19.2 Å². The van der Waals surface area contributed by atoms with Crippen molar-refractivity contribution < 1.29 is 14.0 Å². The van der Waals surface area contributed by atoms with E-state index in [0.717, 1.165) is 15.7 Å². The highest BCUT2D eigenvalue weighted by atomic mass is 16.7. The average Bonchev–Trinajstić information content (AvgIpc) is 3.37. The summed E-state index contributed by atoms with van der Waals surface area (Å²) in [7, 11) is 0. The monoisotopic (exact) mass is 406 g/mol. The van der Waals surface area contributed by atoms with E-state index in [4.69, 9.17) is 14.0 Å². The topological polar surface area (TPSA) is 101 Å². The molecule has 0 N–H and O–H groups in total. The molecular formula is C21H18N4O5. The fourth-order valence-electron chi connectivity index (χ4n) is 3.51. The smallest absolute Gasteiger partial charge is 0.332 e. The lowest BCUT2D eigenvalue weighted by Crippen LogP contribution is -2.40. The number of fused-ring (bicyclic) bond motifs is 2. The Morgan fingerprint density at radius 3 is 2.40 bits per heavy atom. The van der Waals surface area contributed by atoms with Gasteiger partial charge in [-0.25, -0.2) is 4.79 Å². The molecule has 0 fully saturated rings. The lowest BCUT2D eigenvalue weighted by Gasteiger charge is -2.14. The molecule has 0 saturated carbocycles. The summed E-state index contributed by atoms with van der Waals surface area (Å²) in [5.74, 6) is 1.60. The van der Waals surface area contributed by atoms with Gasteiger partial charge in [0.2, 0.25) is 12.7 Å². The first-order valence-electron chi connectivity index (χ1n) is 9.41. The zero-order valence-electron chi connectivity index (χ0n) is 16.4. The highest BCUT2D eigenvalue weighted by Crippen LogP contribution is 2.34. The third kappa shape index (κ3) is 3.04. The van der Waals surface area contributed by atoms with Crippen LogP contribution in [0.2, 0.25) is 0 Å². The van der Waals surface area contributed by atoms with Gasteiger partial charge in [0.25, 0.3) is 5.56 Å². The Morgan fingerprint density at radius 1 is 0.967 bits per heavy atom. The summed E-state index contributed by atoms with van der Waals surface area (Å²) in [5, 5.41) is 4.08. The summed E-state index contributed by atoms with van der Waals surface area (Å²) in [6.07, 6.45) is 0. The van der Waals surface area contributed by atoms with Gasteiger partial charge in [-0.1, -0.05) is 35.0 Å². The Hall–Kier alpha value is -3.88. The number of nitrogens with zero attached hydrogens (tertiary/aromatic N) is 4. The fraction of sp³-hybridized carbons (Fsp3) is 0.238. The Morgan fingerprint density at radius 2 is 1.70 bits per heavy atom. The van der Waals surface area contributed by atoms with E-state index in [1.807, 2.05) is 31.2 Å². The number of aryl methyl sites for hydroxylation is 2. The van der Waals surface area contributed by atoms with Crippen molar-refractivity contribution in [3.05, 3.63) is 80.1 Å². The Labute approximate surface area is 170 Å². The molecule has 2 aromatic heterocycles. The Kier molecular flexibility index (Phi) is 4.16. The fourth-order valence-corrected chi connectivity index (χ4v) is 3.51. The third-order valence-electron chi connectivity index (χ3n) is 5.04. The van der Waals surface area contributed by atoms with Gasteiger partial charge in [-0.2, -0.15) is 4.98 Å². The van der Waals surface area contributed by atoms with Crippen LogP contribution in [0.3, 0.4) is 0 Å². The molecule has 152 valence electrons. The van der Waals surface area contributed by atoms with Gasteiger partial charge in [0.15, 0.2) is 17.3 Å². The molecule has 0 amide bonds. The third-order valence-corrected chi connectivity index (χ3v) is 5.04. The Bertz CT molecular complexity index is 1380. The molecule has 3 heterocycles. The van der Waals surface area contributed by atoms with Gasteiger partial charge < -0.3 is 14.0 Å². The van der Waals surface area contributed by atoms with Crippen LogP contribution in [0.25, 0.3) is 10.9 Å². The predicted octanol–water partition coefficient (Wildman–Crippen LogP) is 1.99. The van der Waals surface area contributed by atoms with Crippen molar-refractivity contribution in [2.75, 3.05) is 6.79 Å². The van der Waals surface area contributed by atoms with Gasteiger partial charge in [-0.15, -0.1) is 0 Å². The van der Waals surface area contributed by atoms with E-state index in [1.54, 1.807) is 23.6 Å². The van der Waals surface area contributed by atoms with Crippen molar-refractivity contribution in [2.24, 2.45) is 0 Å². The SMILES string of the molecule is Cc1ccc(Cn2c(=O)n(Cc3nc(C)no3)c(=O)c3cc4c(cc32)OCO4)cc1. The molecule has 0 aliphatic carbocycles. The highest BCUT2D eigenvalue weighted by Gasteiger charge is 2.21. The van der Waals surface area contributed by atoms with Crippen molar-refractivity contribution in [3.8, 4) is 11.5 Å². The van der Waals surface area contributed by atoms with Crippen LogP contribution in [0.5, 0.6) is 11.5 Å². The maximum Gasteiger partial charge on any atom is 0.332 e. The quantitative estimate of drug-likeness (QED) is 0.511. The number of hydrogen-bond donors (Lipinski definition) is 0. The number of hydrogen-bond acceptors (Lipinski definition) is 7. The maximum absolute atomic E-state index is 13.4. The number of benzene rings is 2. The largest absolute Gasteiger partial charge is 0.454 e. The first-order valence-corrected chi connectivity index (χ1v) is 9.41. The molecule has 9 nitrogen and oxygen atoms in total. The molecule has 30 heavy (non-hydrogen) atoms. The molecule has 9 heteroatoms. The molecule has 0 saturated heterocycles. The molecule has 0 unspecified atom stereocenters. The first kappa shape index (κ1) is 18.2. The van der Waals surface area contributed by atoms with Crippen LogP contribution >= 0.6 is 0 Å². The van der Waals surface area contributed by atoms with Crippen LogP contribution in [0, 0.1) is 13.8 Å². The summed E-state index contributed by atoms with van der Waals surface area (Å²) in [6.45, 7) is 3.92.